The highest BCUT2D eigenvalue weighted by Gasteiger charge is 2.31. The van der Waals surface area contributed by atoms with Gasteiger partial charge >= 0.3 is 0 Å². The van der Waals surface area contributed by atoms with Gasteiger partial charge < -0.3 is 4.74 Å². The van der Waals surface area contributed by atoms with Crippen molar-refractivity contribution in [1.82, 2.24) is 15.6 Å². The maximum absolute atomic E-state index is 11.6. The van der Waals surface area contributed by atoms with Crippen LogP contribution in [-0.2, 0) is 28.9 Å². The number of thioether (sulfide) groups is 2. The second-order valence-electron chi connectivity index (χ2n) is 6.97. The number of nitrogens with zero attached hydrogens (tertiary/aromatic N) is 1. The van der Waals surface area contributed by atoms with Gasteiger partial charge in [-0.1, -0.05) is 48.6 Å². The van der Waals surface area contributed by atoms with Crippen LogP contribution >= 0.6 is 23.5 Å². The second-order valence-corrected chi connectivity index (χ2v) is 9.09. The Morgan fingerprint density at radius 2 is 1.75 bits per heavy atom. The minimum Gasteiger partial charge on any atom is -0.493 e. The topological polar surface area (TPSA) is 114 Å². The van der Waals surface area contributed by atoms with Crippen LogP contribution in [0.25, 0.3) is 0 Å². The van der Waals surface area contributed by atoms with Crippen LogP contribution in [0.4, 0.5) is 9.59 Å². The fraction of sp³-hybridized carbons (Fsp3) is 0.318. The number of carbonyl (C=O) groups excluding carboxylic acids is 4. The molecule has 4 amide bonds. The molecule has 10 heteroatoms. The maximum Gasteiger partial charge on any atom is 0.286 e. The summed E-state index contributed by atoms with van der Waals surface area (Å²) in [5.41, 5.74) is 3.25. The molecular formula is C22H23N3O5S2. The number of hydrogen-bond acceptors (Lipinski definition) is 8. The smallest absolute Gasteiger partial charge is 0.286 e. The molecule has 1 aromatic heterocycles. The van der Waals surface area contributed by atoms with E-state index >= 15 is 0 Å². The van der Waals surface area contributed by atoms with Crippen molar-refractivity contribution in [2.24, 2.45) is 0 Å². The van der Waals surface area contributed by atoms with E-state index in [0.717, 1.165) is 53.4 Å². The van der Waals surface area contributed by atoms with E-state index in [1.165, 1.54) is 5.56 Å². The highest BCUT2D eigenvalue weighted by Crippen LogP contribution is 2.24. The number of aromatic nitrogens is 1. The van der Waals surface area contributed by atoms with Crippen LogP contribution in [0.15, 0.2) is 42.6 Å². The number of ether oxygens (including phenoxy) is 1. The molecular weight excluding hydrogens is 450 g/mol. The van der Waals surface area contributed by atoms with Gasteiger partial charge in [0.25, 0.3) is 10.5 Å². The SMILES string of the molecule is CCc1ccc(CCOc2ccc(CC3SC(=O)NC3=O)cc2)nc1.O=C1CSC(=O)N1. The summed E-state index contributed by atoms with van der Waals surface area (Å²) in [5.74, 6) is 0.680. The summed E-state index contributed by atoms with van der Waals surface area (Å²) < 4.78 is 5.75. The summed E-state index contributed by atoms with van der Waals surface area (Å²) in [4.78, 5) is 47.4. The molecule has 2 fully saturated rings. The van der Waals surface area contributed by atoms with Crippen molar-refractivity contribution in [2.75, 3.05) is 12.4 Å². The molecule has 2 N–H and O–H groups in total. The maximum atomic E-state index is 11.6. The first-order valence-electron chi connectivity index (χ1n) is 10.1. The van der Waals surface area contributed by atoms with Crippen LogP contribution in [0.3, 0.4) is 0 Å². The number of rotatable bonds is 7. The number of imide groups is 2. The van der Waals surface area contributed by atoms with Gasteiger partial charge in [0.2, 0.25) is 11.8 Å². The highest BCUT2D eigenvalue weighted by molar-refractivity contribution is 8.15. The van der Waals surface area contributed by atoms with E-state index in [1.54, 1.807) is 0 Å². The number of aryl methyl sites for hydroxylation is 1. The zero-order valence-electron chi connectivity index (χ0n) is 17.5. The molecule has 1 atom stereocenters. The Hall–Kier alpha value is -2.85. The lowest BCUT2D eigenvalue weighted by molar-refractivity contribution is -0.119. The van der Waals surface area contributed by atoms with Gasteiger partial charge in [-0.05, 0) is 42.2 Å². The monoisotopic (exact) mass is 473 g/mol. The molecule has 2 aromatic rings. The van der Waals surface area contributed by atoms with Crippen molar-refractivity contribution in [3.63, 3.8) is 0 Å². The van der Waals surface area contributed by atoms with Crippen LogP contribution in [0.5, 0.6) is 5.75 Å². The average Bonchev–Trinajstić information content (AvgIpc) is 3.32. The lowest BCUT2D eigenvalue weighted by atomic mass is 10.1. The molecule has 0 aliphatic carbocycles. The molecule has 1 aromatic carbocycles. The summed E-state index contributed by atoms with van der Waals surface area (Å²) in [5, 5.41) is 3.57. The quantitative estimate of drug-likeness (QED) is 0.630. The van der Waals surface area contributed by atoms with Gasteiger partial charge in [0.1, 0.15) is 5.75 Å². The molecule has 0 bridgehead atoms. The van der Waals surface area contributed by atoms with E-state index < -0.39 is 0 Å². The van der Waals surface area contributed by atoms with Gasteiger partial charge in [0.15, 0.2) is 0 Å². The van der Waals surface area contributed by atoms with Crippen molar-refractivity contribution in [3.8, 4) is 5.75 Å². The Kier molecular flexibility index (Phi) is 8.69. The number of carbonyl (C=O) groups is 4. The first kappa shape index (κ1) is 23.8. The van der Waals surface area contributed by atoms with Crippen molar-refractivity contribution in [1.29, 1.82) is 0 Å². The van der Waals surface area contributed by atoms with Gasteiger partial charge in [-0.2, -0.15) is 0 Å². The largest absolute Gasteiger partial charge is 0.493 e. The van der Waals surface area contributed by atoms with Gasteiger partial charge in [-0.3, -0.25) is 34.8 Å². The highest BCUT2D eigenvalue weighted by atomic mass is 32.2. The number of hydrogen-bond donors (Lipinski definition) is 2. The predicted molar refractivity (Wildman–Crippen MR) is 124 cm³/mol. The first-order valence-corrected chi connectivity index (χ1v) is 11.9. The van der Waals surface area contributed by atoms with E-state index in [4.69, 9.17) is 4.74 Å². The molecule has 0 radical (unpaired) electrons. The van der Waals surface area contributed by atoms with E-state index in [1.807, 2.05) is 36.5 Å². The summed E-state index contributed by atoms with van der Waals surface area (Å²) in [6.07, 6.45) is 4.19. The minimum atomic E-state index is -0.337. The van der Waals surface area contributed by atoms with Gasteiger partial charge in [0, 0.05) is 18.3 Å². The van der Waals surface area contributed by atoms with Crippen LogP contribution in [0.2, 0.25) is 0 Å². The number of nitrogens with one attached hydrogen (secondary N) is 2. The third-order valence-electron chi connectivity index (χ3n) is 4.61. The molecule has 168 valence electrons. The van der Waals surface area contributed by atoms with Gasteiger partial charge in [-0.25, -0.2) is 0 Å². The summed E-state index contributed by atoms with van der Waals surface area (Å²) in [7, 11) is 0. The van der Waals surface area contributed by atoms with Gasteiger partial charge in [-0.15, -0.1) is 0 Å². The molecule has 2 aliphatic heterocycles. The van der Waals surface area contributed by atoms with Gasteiger partial charge in [0.05, 0.1) is 17.6 Å². The zero-order valence-corrected chi connectivity index (χ0v) is 19.1. The molecule has 32 heavy (non-hydrogen) atoms. The molecule has 3 heterocycles. The lowest BCUT2D eigenvalue weighted by Crippen LogP contribution is -2.25. The second kappa shape index (κ2) is 11.7. The number of amides is 4. The molecule has 2 saturated heterocycles. The number of benzene rings is 1. The van der Waals surface area contributed by atoms with Crippen LogP contribution in [0, 0.1) is 0 Å². The van der Waals surface area contributed by atoms with Crippen molar-refractivity contribution < 1.29 is 23.9 Å². The molecule has 1 unspecified atom stereocenters. The van der Waals surface area contributed by atoms with Crippen LogP contribution in [0.1, 0.15) is 23.7 Å². The van der Waals surface area contributed by atoms with E-state index in [0.29, 0.717) is 18.8 Å². The van der Waals surface area contributed by atoms with Crippen molar-refractivity contribution >= 4 is 45.8 Å². The Bertz CT molecular complexity index is 966. The van der Waals surface area contributed by atoms with Crippen molar-refractivity contribution in [3.05, 3.63) is 59.4 Å². The first-order chi connectivity index (χ1) is 15.4. The Morgan fingerprint density at radius 1 is 1.00 bits per heavy atom. The summed E-state index contributed by atoms with van der Waals surface area (Å²) in [6, 6.07) is 11.8. The average molecular weight is 474 g/mol. The Balaban J connectivity index is 0.000000352. The van der Waals surface area contributed by atoms with E-state index in [2.05, 4.69) is 28.6 Å². The normalized spacial score (nSPS) is 17.5. The van der Waals surface area contributed by atoms with E-state index in [9.17, 15) is 19.2 Å². The molecule has 0 spiro atoms. The van der Waals surface area contributed by atoms with Crippen LogP contribution < -0.4 is 15.4 Å². The Morgan fingerprint density at radius 3 is 2.25 bits per heavy atom. The van der Waals surface area contributed by atoms with Crippen LogP contribution in [-0.4, -0.2) is 44.9 Å². The van der Waals surface area contributed by atoms with E-state index in [-0.39, 0.29) is 27.5 Å². The number of pyridine rings is 1. The molecule has 2 aliphatic rings. The van der Waals surface area contributed by atoms with Crippen molar-refractivity contribution in [2.45, 2.75) is 31.4 Å². The Labute approximate surface area is 194 Å². The molecule has 8 nitrogen and oxygen atoms in total. The third kappa shape index (κ3) is 7.38. The fourth-order valence-corrected chi connectivity index (χ4v) is 4.25. The zero-order chi connectivity index (χ0) is 22.9. The molecule has 4 rings (SSSR count). The summed E-state index contributed by atoms with van der Waals surface area (Å²) >= 11 is 2.05. The lowest BCUT2D eigenvalue weighted by Gasteiger charge is -2.09. The molecule has 0 saturated carbocycles. The predicted octanol–water partition coefficient (Wildman–Crippen LogP) is 3.13. The third-order valence-corrected chi connectivity index (χ3v) is 6.36. The summed E-state index contributed by atoms with van der Waals surface area (Å²) in [6.45, 7) is 2.67. The fourth-order valence-electron chi connectivity index (χ4n) is 2.87. The minimum absolute atomic E-state index is 0.185. The standard InChI is InChI=1S/C19H20N2O3S.C3H3NO2S/c1-2-13-3-6-15(20-12-13)9-10-24-16-7-4-14(5-8-16)11-17-18(22)21-19(23)25-17;5-2-1-7-3(6)4-2/h3-8,12,17H,2,9-11H2,1H3,(H,21,22,23);1H2,(H,4,5,6).